The molecule has 0 spiro atoms. The maximum absolute atomic E-state index is 11.9. The van der Waals surface area contributed by atoms with Crippen LogP contribution in [-0.4, -0.2) is 21.2 Å². The monoisotopic (exact) mass is 279 g/mol. The molecule has 5 nitrogen and oxygen atoms in total. The molecule has 3 rings (SSSR count). The van der Waals surface area contributed by atoms with E-state index in [2.05, 4.69) is 15.5 Å². The third kappa shape index (κ3) is 2.92. The highest BCUT2D eigenvalue weighted by molar-refractivity contribution is 6.03. The molecule has 1 aromatic heterocycles. The molecule has 1 heterocycles. The maximum Gasteiger partial charge on any atom is 0.248 e. The summed E-state index contributed by atoms with van der Waals surface area (Å²) < 4.78 is 0. The average Bonchev–Trinajstić information content (AvgIpc) is 2.94. The predicted molar refractivity (Wildman–Crippen MR) is 81.9 cm³/mol. The zero-order valence-electron chi connectivity index (χ0n) is 11.1. The van der Waals surface area contributed by atoms with Gasteiger partial charge in [-0.15, -0.1) is 0 Å². The normalized spacial score (nSPS) is 11.0. The topological polar surface area (TPSA) is 78.0 Å². The first kappa shape index (κ1) is 12.9. The Kier molecular flexibility index (Phi) is 3.39. The van der Waals surface area contributed by atoms with Gasteiger partial charge in [-0.25, -0.2) is 0 Å². The van der Waals surface area contributed by atoms with Crippen molar-refractivity contribution >= 4 is 28.6 Å². The van der Waals surface area contributed by atoms with Crippen molar-refractivity contribution < 1.29 is 9.90 Å². The van der Waals surface area contributed by atoms with Crippen LogP contribution in [-0.2, 0) is 4.79 Å². The quantitative estimate of drug-likeness (QED) is 0.645. The van der Waals surface area contributed by atoms with E-state index in [-0.39, 0.29) is 11.7 Å². The second-order valence-electron chi connectivity index (χ2n) is 4.55. The Morgan fingerprint density at radius 3 is 2.95 bits per heavy atom. The molecule has 0 fully saturated rings. The highest BCUT2D eigenvalue weighted by Crippen LogP contribution is 2.18. The maximum atomic E-state index is 11.9. The molecule has 1 amide bonds. The molecule has 0 bridgehead atoms. The van der Waals surface area contributed by atoms with Gasteiger partial charge < -0.3 is 10.4 Å². The van der Waals surface area contributed by atoms with Crippen LogP contribution in [0.4, 0.5) is 5.69 Å². The van der Waals surface area contributed by atoms with E-state index < -0.39 is 0 Å². The van der Waals surface area contributed by atoms with Gasteiger partial charge in [-0.2, -0.15) is 5.10 Å². The number of hydrogen-bond donors (Lipinski definition) is 3. The molecule has 0 unspecified atom stereocenters. The Morgan fingerprint density at radius 1 is 1.24 bits per heavy atom. The minimum Gasteiger partial charge on any atom is -0.507 e. The summed E-state index contributed by atoms with van der Waals surface area (Å²) in [6.45, 7) is 0. The van der Waals surface area contributed by atoms with Crippen LogP contribution in [0.25, 0.3) is 17.0 Å². The molecule has 0 aliphatic rings. The first-order valence-electron chi connectivity index (χ1n) is 6.42. The van der Waals surface area contributed by atoms with Crippen LogP contribution < -0.4 is 5.32 Å². The molecule has 3 aromatic rings. The fourth-order valence-corrected chi connectivity index (χ4v) is 2.00. The number of amides is 1. The van der Waals surface area contributed by atoms with E-state index >= 15 is 0 Å². The van der Waals surface area contributed by atoms with Crippen molar-refractivity contribution in [2.45, 2.75) is 0 Å². The number of carbonyl (C=O) groups is 1. The van der Waals surface area contributed by atoms with Gasteiger partial charge in [0.15, 0.2) is 0 Å². The summed E-state index contributed by atoms with van der Waals surface area (Å²) in [4.78, 5) is 11.9. The molecular weight excluding hydrogens is 266 g/mol. The molecular formula is C16H13N3O2. The summed E-state index contributed by atoms with van der Waals surface area (Å²) in [5.74, 6) is -0.123. The molecule has 21 heavy (non-hydrogen) atoms. The number of anilines is 1. The van der Waals surface area contributed by atoms with Gasteiger partial charge in [0.2, 0.25) is 5.91 Å². The molecule has 0 aliphatic carbocycles. The van der Waals surface area contributed by atoms with Gasteiger partial charge in [0.1, 0.15) is 5.75 Å². The number of rotatable bonds is 3. The Bertz CT molecular complexity index is 821. The second-order valence-corrected chi connectivity index (χ2v) is 4.55. The Morgan fingerprint density at radius 2 is 2.10 bits per heavy atom. The van der Waals surface area contributed by atoms with Gasteiger partial charge >= 0.3 is 0 Å². The van der Waals surface area contributed by atoms with Crippen LogP contribution in [0.5, 0.6) is 5.75 Å². The van der Waals surface area contributed by atoms with E-state index in [0.29, 0.717) is 11.3 Å². The van der Waals surface area contributed by atoms with Crippen LogP contribution >= 0.6 is 0 Å². The number of nitrogens with one attached hydrogen (secondary N) is 2. The molecule has 0 atom stereocenters. The Balaban J connectivity index is 1.72. The molecule has 104 valence electrons. The fraction of sp³-hybridized carbons (Fsp3) is 0. The number of para-hydroxylation sites is 1. The molecule has 2 aromatic carbocycles. The zero-order valence-corrected chi connectivity index (χ0v) is 11.1. The van der Waals surface area contributed by atoms with Gasteiger partial charge in [-0.3, -0.25) is 9.89 Å². The van der Waals surface area contributed by atoms with E-state index in [1.54, 1.807) is 42.6 Å². The van der Waals surface area contributed by atoms with Crippen LogP contribution in [0.3, 0.4) is 0 Å². The lowest BCUT2D eigenvalue weighted by Gasteiger charge is -2.02. The van der Waals surface area contributed by atoms with E-state index in [4.69, 9.17) is 0 Å². The summed E-state index contributed by atoms with van der Waals surface area (Å²) >= 11 is 0. The highest BCUT2D eigenvalue weighted by atomic mass is 16.3. The number of phenols is 1. The number of benzene rings is 2. The number of nitrogens with zero attached hydrogens (tertiary/aromatic N) is 1. The Labute approximate surface area is 120 Å². The van der Waals surface area contributed by atoms with E-state index in [1.165, 1.54) is 6.08 Å². The molecule has 5 heteroatoms. The van der Waals surface area contributed by atoms with Gasteiger partial charge in [0.05, 0.1) is 11.7 Å². The number of carbonyl (C=O) groups excluding carboxylic acids is 1. The number of aromatic nitrogens is 2. The molecule has 0 radical (unpaired) electrons. The summed E-state index contributed by atoms with van der Waals surface area (Å²) in [7, 11) is 0. The average molecular weight is 279 g/mol. The first-order chi connectivity index (χ1) is 10.2. The number of aromatic hydroxyl groups is 1. The summed E-state index contributed by atoms with van der Waals surface area (Å²) in [6.07, 6.45) is 4.65. The number of fused-ring (bicyclic) bond motifs is 1. The number of aromatic amines is 1. The van der Waals surface area contributed by atoms with Crippen LogP contribution in [0.15, 0.2) is 54.7 Å². The summed E-state index contributed by atoms with van der Waals surface area (Å²) in [5, 5.41) is 20.1. The van der Waals surface area contributed by atoms with Crippen LogP contribution in [0.2, 0.25) is 0 Å². The first-order valence-corrected chi connectivity index (χ1v) is 6.42. The number of H-pyrrole nitrogens is 1. The Hall–Kier alpha value is -3.08. The largest absolute Gasteiger partial charge is 0.507 e. The van der Waals surface area contributed by atoms with Crippen molar-refractivity contribution in [2.75, 3.05) is 5.32 Å². The molecule has 0 saturated carbocycles. The van der Waals surface area contributed by atoms with Crippen molar-refractivity contribution in [3.05, 3.63) is 60.3 Å². The van der Waals surface area contributed by atoms with Crippen molar-refractivity contribution in [1.82, 2.24) is 10.2 Å². The number of hydrogen-bond acceptors (Lipinski definition) is 3. The summed E-state index contributed by atoms with van der Waals surface area (Å²) in [5.41, 5.74) is 2.20. The third-order valence-electron chi connectivity index (χ3n) is 3.06. The predicted octanol–water partition coefficient (Wildman–Crippen LogP) is 2.92. The number of phenolic OH excluding ortho intramolecular Hbond substituents is 1. The third-order valence-corrected chi connectivity index (χ3v) is 3.06. The van der Waals surface area contributed by atoms with Crippen LogP contribution in [0, 0.1) is 0 Å². The SMILES string of the molecule is O=C(/C=C/c1ccccc1O)Nc1ccc2[nH]ncc2c1. The van der Waals surface area contributed by atoms with Crippen LogP contribution in [0.1, 0.15) is 5.56 Å². The second kappa shape index (κ2) is 5.50. The zero-order chi connectivity index (χ0) is 14.7. The minimum atomic E-state index is -0.263. The lowest BCUT2D eigenvalue weighted by molar-refractivity contribution is -0.111. The molecule has 0 aliphatic heterocycles. The summed E-state index contributed by atoms with van der Waals surface area (Å²) in [6, 6.07) is 12.3. The van der Waals surface area contributed by atoms with E-state index in [1.807, 2.05) is 12.1 Å². The van der Waals surface area contributed by atoms with Gasteiger partial charge in [0, 0.05) is 22.7 Å². The lowest BCUT2D eigenvalue weighted by Crippen LogP contribution is -2.07. The molecule has 0 saturated heterocycles. The van der Waals surface area contributed by atoms with E-state index in [9.17, 15) is 9.90 Å². The van der Waals surface area contributed by atoms with Crippen molar-refractivity contribution in [2.24, 2.45) is 0 Å². The van der Waals surface area contributed by atoms with Gasteiger partial charge in [-0.05, 0) is 30.3 Å². The van der Waals surface area contributed by atoms with Gasteiger partial charge in [0.25, 0.3) is 0 Å². The highest BCUT2D eigenvalue weighted by Gasteiger charge is 2.01. The van der Waals surface area contributed by atoms with Crippen molar-refractivity contribution in [3.63, 3.8) is 0 Å². The fourth-order valence-electron chi connectivity index (χ4n) is 2.00. The smallest absolute Gasteiger partial charge is 0.248 e. The van der Waals surface area contributed by atoms with E-state index in [0.717, 1.165) is 10.9 Å². The van der Waals surface area contributed by atoms with Crippen molar-refractivity contribution in [1.29, 1.82) is 0 Å². The lowest BCUT2D eigenvalue weighted by atomic mass is 10.2. The van der Waals surface area contributed by atoms with Crippen molar-refractivity contribution in [3.8, 4) is 5.75 Å². The standard InChI is InChI=1S/C16H13N3O2/c20-15-4-2-1-3-11(15)5-8-16(21)18-13-6-7-14-12(9-13)10-17-19-14/h1-10,20H,(H,17,19)(H,18,21)/b8-5+. The minimum absolute atomic E-state index is 0.140. The molecule has 3 N–H and O–H groups in total. The van der Waals surface area contributed by atoms with Gasteiger partial charge in [-0.1, -0.05) is 18.2 Å².